The molecule has 0 heterocycles. The van der Waals surface area contributed by atoms with Gasteiger partial charge in [0.1, 0.15) is 0 Å². The van der Waals surface area contributed by atoms with Crippen LogP contribution in [0.25, 0.3) is 11.1 Å². The Morgan fingerprint density at radius 2 is 1.68 bits per heavy atom. The maximum absolute atomic E-state index is 11.2. The van der Waals surface area contributed by atoms with Crippen molar-refractivity contribution in [1.82, 2.24) is 0 Å². The van der Waals surface area contributed by atoms with Crippen LogP contribution in [-0.2, 0) is 5.41 Å². The molecule has 0 aliphatic heterocycles. The molecule has 0 bridgehead atoms. The van der Waals surface area contributed by atoms with Crippen LogP contribution >= 0.6 is 0 Å². The summed E-state index contributed by atoms with van der Waals surface area (Å²) in [5.41, 5.74) is 5.76. The molecule has 0 aromatic heterocycles. The van der Waals surface area contributed by atoms with E-state index in [-0.39, 0.29) is 21.9 Å². The van der Waals surface area contributed by atoms with Crippen molar-refractivity contribution in [3.63, 3.8) is 0 Å². The molecule has 146 valence electrons. The molecule has 5 nitrogen and oxygen atoms in total. The third kappa shape index (κ3) is 2.89. The van der Waals surface area contributed by atoms with Gasteiger partial charge in [-0.05, 0) is 58.7 Å². The summed E-state index contributed by atoms with van der Waals surface area (Å²) in [6.07, 6.45) is 4.42. The first-order chi connectivity index (χ1) is 13.3. The molecule has 28 heavy (non-hydrogen) atoms. The number of benzene rings is 2. The normalized spacial score (nSPS) is 23.2. The first-order valence-corrected chi connectivity index (χ1v) is 9.99. The first-order valence-electron chi connectivity index (χ1n) is 9.99. The maximum atomic E-state index is 11.2. The largest absolute Gasteiger partial charge is 0.411 e. The van der Waals surface area contributed by atoms with Gasteiger partial charge >= 0.3 is 0 Å². The zero-order valence-corrected chi connectivity index (χ0v) is 16.6. The predicted octanol–water partition coefficient (Wildman–Crippen LogP) is 5.91. The fraction of sp³-hybridized carbons (Fsp3) is 0.435. The predicted molar refractivity (Wildman–Crippen MR) is 110 cm³/mol. The third-order valence-corrected chi connectivity index (χ3v) is 6.68. The van der Waals surface area contributed by atoms with Crippen LogP contribution in [0.2, 0.25) is 0 Å². The van der Waals surface area contributed by atoms with Crippen molar-refractivity contribution in [1.29, 1.82) is 0 Å². The molecule has 0 amide bonds. The molecular formula is C23H26N2O3. The van der Waals surface area contributed by atoms with E-state index in [4.69, 9.17) is 0 Å². The van der Waals surface area contributed by atoms with Crippen LogP contribution in [0.1, 0.15) is 63.1 Å². The second kappa shape index (κ2) is 6.73. The number of oxime groups is 1. The minimum absolute atomic E-state index is 0.119. The number of nitrogens with zero attached hydrogens (tertiary/aromatic N) is 2. The molecule has 0 atom stereocenters. The highest BCUT2D eigenvalue weighted by atomic mass is 16.6. The molecule has 1 saturated carbocycles. The monoisotopic (exact) mass is 378 g/mol. The molecule has 0 radical (unpaired) electrons. The van der Waals surface area contributed by atoms with Gasteiger partial charge in [-0.1, -0.05) is 50.9 Å². The van der Waals surface area contributed by atoms with Gasteiger partial charge < -0.3 is 5.21 Å². The summed E-state index contributed by atoms with van der Waals surface area (Å²) < 4.78 is 0. The van der Waals surface area contributed by atoms with Gasteiger partial charge in [0, 0.05) is 23.5 Å². The van der Waals surface area contributed by atoms with E-state index in [2.05, 4.69) is 38.1 Å². The number of rotatable bonds is 3. The van der Waals surface area contributed by atoms with Crippen molar-refractivity contribution in [3.8, 4) is 11.1 Å². The van der Waals surface area contributed by atoms with Crippen molar-refractivity contribution in [2.24, 2.45) is 17.0 Å². The highest BCUT2D eigenvalue weighted by Gasteiger charge is 2.37. The lowest BCUT2D eigenvalue weighted by Gasteiger charge is -2.27. The van der Waals surface area contributed by atoms with Crippen LogP contribution in [0.3, 0.4) is 0 Å². The number of non-ortho nitro benzene ring substituents is 1. The second-order valence-corrected chi connectivity index (χ2v) is 8.81. The Hall–Kier alpha value is -2.69. The topological polar surface area (TPSA) is 75.7 Å². The van der Waals surface area contributed by atoms with Gasteiger partial charge in [0.05, 0.1) is 10.6 Å². The second-order valence-electron chi connectivity index (χ2n) is 8.81. The van der Waals surface area contributed by atoms with Crippen molar-refractivity contribution in [3.05, 3.63) is 63.2 Å². The van der Waals surface area contributed by atoms with Gasteiger partial charge in [-0.15, -0.1) is 0 Å². The van der Waals surface area contributed by atoms with Gasteiger partial charge in [0.25, 0.3) is 5.69 Å². The lowest BCUT2D eigenvalue weighted by Crippen LogP contribution is -2.23. The summed E-state index contributed by atoms with van der Waals surface area (Å²) in [6, 6.07) is 11.3. The van der Waals surface area contributed by atoms with E-state index in [0.29, 0.717) is 0 Å². The Balaban J connectivity index is 1.75. The molecule has 0 saturated heterocycles. The Kier molecular flexibility index (Phi) is 4.48. The van der Waals surface area contributed by atoms with E-state index < -0.39 is 0 Å². The minimum atomic E-state index is -0.342. The maximum Gasteiger partial charge on any atom is 0.269 e. The van der Waals surface area contributed by atoms with Crippen LogP contribution < -0.4 is 0 Å². The smallest absolute Gasteiger partial charge is 0.269 e. The number of fused-ring (bicyclic) bond motifs is 3. The van der Waals surface area contributed by atoms with E-state index in [9.17, 15) is 15.3 Å². The molecule has 1 N–H and O–H groups in total. The van der Waals surface area contributed by atoms with Crippen LogP contribution in [0.4, 0.5) is 5.69 Å². The number of hydrogen-bond acceptors (Lipinski definition) is 4. The third-order valence-electron chi connectivity index (χ3n) is 6.68. The summed E-state index contributed by atoms with van der Waals surface area (Å²) in [7, 11) is 0. The fourth-order valence-corrected chi connectivity index (χ4v) is 4.91. The lowest BCUT2D eigenvalue weighted by atomic mass is 9.77. The molecule has 4 rings (SSSR count). The Morgan fingerprint density at radius 3 is 2.29 bits per heavy atom. The number of nitro groups is 1. The van der Waals surface area contributed by atoms with E-state index >= 15 is 0 Å². The van der Waals surface area contributed by atoms with Gasteiger partial charge in [0.2, 0.25) is 0 Å². The molecule has 0 unspecified atom stereocenters. The highest BCUT2D eigenvalue weighted by Crippen LogP contribution is 2.50. The number of hydrogen-bond donors (Lipinski definition) is 1. The van der Waals surface area contributed by atoms with Gasteiger partial charge in [-0.3, -0.25) is 10.1 Å². The molecule has 0 spiro atoms. The molecule has 2 aromatic rings. The standard InChI is InChI=1S/C23H26N2O3/c1-14-4-6-15(7-5-14)22(24-26)16-8-10-18-19-11-9-17(25(27)28)13-21(19)23(2,3)20(18)12-16/h8-15,26H,4-7H2,1-3H3/b24-22-. The Bertz CT molecular complexity index is 970. The lowest BCUT2D eigenvalue weighted by molar-refractivity contribution is -0.384. The van der Waals surface area contributed by atoms with Gasteiger partial charge in [-0.2, -0.15) is 0 Å². The molecule has 2 aliphatic carbocycles. The molecule has 2 aromatic carbocycles. The summed E-state index contributed by atoms with van der Waals surface area (Å²) in [6.45, 7) is 6.48. The van der Waals surface area contributed by atoms with Crippen molar-refractivity contribution in [2.45, 2.75) is 51.9 Å². The van der Waals surface area contributed by atoms with Crippen LogP contribution in [-0.4, -0.2) is 15.8 Å². The highest BCUT2D eigenvalue weighted by molar-refractivity contribution is 6.03. The summed E-state index contributed by atoms with van der Waals surface area (Å²) >= 11 is 0. The zero-order chi connectivity index (χ0) is 20.1. The van der Waals surface area contributed by atoms with Gasteiger partial charge in [0.15, 0.2) is 0 Å². The van der Waals surface area contributed by atoms with Gasteiger partial charge in [-0.25, -0.2) is 0 Å². The van der Waals surface area contributed by atoms with E-state index in [1.54, 1.807) is 12.1 Å². The van der Waals surface area contributed by atoms with Crippen LogP contribution in [0, 0.1) is 22.0 Å². The molecule has 5 heteroatoms. The fourth-order valence-electron chi connectivity index (χ4n) is 4.91. The zero-order valence-electron chi connectivity index (χ0n) is 16.6. The Morgan fingerprint density at radius 1 is 1.07 bits per heavy atom. The average molecular weight is 378 g/mol. The Labute approximate surface area is 165 Å². The summed E-state index contributed by atoms with van der Waals surface area (Å²) in [5, 5.41) is 24.7. The quantitative estimate of drug-likeness (QED) is 0.312. The molecule has 2 aliphatic rings. The van der Waals surface area contributed by atoms with Crippen molar-refractivity contribution in [2.75, 3.05) is 0 Å². The minimum Gasteiger partial charge on any atom is -0.411 e. The molecule has 1 fully saturated rings. The average Bonchev–Trinajstić information content (AvgIpc) is 2.91. The van der Waals surface area contributed by atoms with Crippen molar-refractivity contribution < 1.29 is 10.1 Å². The molecular weight excluding hydrogens is 352 g/mol. The number of nitro benzene ring substituents is 1. The van der Waals surface area contributed by atoms with E-state index in [1.165, 1.54) is 0 Å². The van der Waals surface area contributed by atoms with E-state index in [0.717, 1.165) is 65.1 Å². The first kappa shape index (κ1) is 18.7. The summed E-state index contributed by atoms with van der Waals surface area (Å²) in [5.74, 6) is 1.02. The van der Waals surface area contributed by atoms with Crippen LogP contribution in [0.15, 0.2) is 41.6 Å². The SMILES string of the molecule is CC1CCC(/C(=N/O)c2ccc3c(c2)C(C)(C)c2cc([N+](=O)[O-])ccc2-3)CC1. The van der Waals surface area contributed by atoms with Crippen LogP contribution in [0.5, 0.6) is 0 Å². The van der Waals surface area contributed by atoms with Crippen molar-refractivity contribution >= 4 is 11.4 Å². The summed E-state index contributed by atoms with van der Waals surface area (Å²) in [4.78, 5) is 10.9. The van der Waals surface area contributed by atoms with E-state index in [1.807, 2.05) is 12.1 Å².